The van der Waals surface area contributed by atoms with E-state index in [1.165, 1.54) is 11.0 Å². The first-order chi connectivity index (χ1) is 10.7. The van der Waals surface area contributed by atoms with Crippen molar-refractivity contribution < 1.29 is 19.1 Å². The fraction of sp³-hybridized carbons (Fsp3) is 0.333. The Morgan fingerprint density at radius 1 is 1.09 bits per heavy atom. The molecule has 5 nitrogen and oxygen atoms in total. The molecular weight excluding hydrogens is 294 g/mol. The smallest absolute Gasteiger partial charge is 0.339 e. The number of nitrogens with zero attached hydrogens (tertiary/aromatic N) is 1. The summed E-state index contributed by atoms with van der Waals surface area (Å²) in [7, 11) is 1.68. The number of hydrogen-bond donors (Lipinski definition) is 1. The van der Waals surface area contributed by atoms with Crippen molar-refractivity contribution in [2.24, 2.45) is 0 Å². The van der Waals surface area contributed by atoms with Gasteiger partial charge in [-0.2, -0.15) is 0 Å². The van der Waals surface area contributed by atoms with Gasteiger partial charge < -0.3 is 14.4 Å². The Labute approximate surface area is 135 Å². The zero-order chi connectivity index (χ0) is 17.3. The topological polar surface area (TPSA) is 70.8 Å². The summed E-state index contributed by atoms with van der Waals surface area (Å²) in [6.45, 7) is 7.65. The zero-order valence-electron chi connectivity index (χ0n) is 14.1. The van der Waals surface area contributed by atoms with Crippen molar-refractivity contribution in [1.29, 1.82) is 0 Å². The standard InChI is InChI=1S/C18H21NO4/c1-10-6-11(2)16(12(3)7-10)17(20)19(5)9-14-8-15(18(21)22)13(4)23-14/h6-8H,9H2,1-5H3,(H,21,22). The molecule has 0 aliphatic rings. The normalized spacial score (nSPS) is 10.7. The number of hydrogen-bond acceptors (Lipinski definition) is 3. The van der Waals surface area contributed by atoms with Gasteiger partial charge in [0.05, 0.1) is 6.54 Å². The SMILES string of the molecule is Cc1cc(C)c(C(=O)N(C)Cc2cc(C(=O)O)c(C)o2)c(C)c1. The summed E-state index contributed by atoms with van der Waals surface area (Å²) in [5, 5.41) is 9.06. The lowest BCUT2D eigenvalue weighted by molar-refractivity contribution is 0.0694. The third kappa shape index (κ3) is 3.44. The Balaban J connectivity index is 2.24. The minimum absolute atomic E-state index is 0.106. The molecule has 23 heavy (non-hydrogen) atoms. The van der Waals surface area contributed by atoms with E-state index in [2.05, 4.69) is 0 Å². The number of carboxylic acids is 1. The minimum Gasteiger partial charge on any atom is -0.478 e. The summed E-state index contributed by atoms with van der Waals surface area (Å²) in [5.41, 5.74) is 3.79. The van der Waals surface area contributed by atoms with Gasteiger partial charge in [0.1, 0.15) is 17.1 Å². The van der Waals surface area contributed by atoms with Crippen LogP contribution in [0.4, 0.5) is 0 Å². The molecule has 122 valence electrons. The van der Waals surface area contributed by atoms with E-state index >= 15 is 0 Å². The molecule has 1 aromatic carbocycles. The summed E-state index contributed by atoms with van der Waals surface area (Å²) >= 11 is 0. The molecule has 5 heteroatoms. The molecule has 1 N–H and O–H groups in total. The molecule has 2 aromatic rings. The van der Waals surface area contributed by atoms with Gasteiger partial charge in [0, 0.05) is 12.6 Å². The van der Waals surface area contributed by atoms with Crippen molar-refractivity contribution in [3.63, 3.8) is 0 Å². The Morgan fingerprint density at radius 3 is 2.13 bits per heavy atom. The molecule has 0 unspecified atom stereocenters. The number of carbonyl (C=O) groups excluding carboxylic acids is 1. The lowest BCUT2D eigenvalue weighted by atomic mass is 9.99. The minimum atomic E-state index is -1.03. The van der Waals surface area contributed by atoms with Crippen molar-refractivity contribution in [2.75, 3.05) is 7.05 Å². The predicted molar refractivity (Wildman–Crippen MR) is 86.9 cm³/mol. The monoisotopic (exact) mass is 315 g/mol. The number of furan rings is 1. The molecule has 0 aliphatic carbocycles. The Bertz CT molecular complexity index is 750. The Kier molecular flexibility index (Phi) is 4.59. The molecule has 0 radical (unpaired) electrons. The van der Waals surface area contributed by atoms with E-state index in [1.807, 2.05) is 32.9 Å². The molecule has 0 atom stereocenters. The molecule has 0 saturated carbocycles. The molecule has 1 heterocycles. The van der Waals surface area contributed by atoms with Crippen LogP contribution in [-0.4, -0.2) is 28.9 Å². The van der Waals surface area contributed by atoms with Gasteiger partial charge >= 0.3 is 5.97 Å². The third-order valence-corrected chi connectivity index (χ3v) is 3.83. The van der Waals surface area contributed by atoms with E-state index in [9.17, 15) is 9.59 Å². The highest BCUT2D eigenvalue weighted by atomic mass is 16.4. The highest BCUT2D eigenvalue weighted by Crippen LogP contribution is 2.20. The number of aryl methyl sites for hydroxylation is 4. The maximum atomic E-state index is 12.7. The first kappa shape index (κ1) is 16.8. The number of aromatic carboxylic acids is 1. The second kappa shape index (κ2) is 6.28. The van der Waals surface area contributed by atoms with Crippen LogP contribution in [0.3, 0.4) is 0 Å². The lowest BCUT2D eigenvalue weighted by Crippen LogP contribution is -2.27. The third-order valence-electron chi connectivity index (χ3n) is 3.83. The van der Waals surface area contributed by atoms with Crippen LogP contribution in [0.1, 0.15) is 48.9 Å². The lowest BCUT2D eigenvalue weighted by Gasteiger charge is -2.19. The summed E-state index contributed by atoms with van der Waals surface area (Å²) in [6, 6.07) is 5.43. The fourth-order valence-corrected chi connectivity index (χ4v) is 2.85. The highest BCUT2D eigenvalue weighted by Gasteiger charge is 2.20. The Hall–Kier alpha value is -2.56. The Morgan fingerprint density at radius 2 is 1.65 bits per heavy atom. The number of benzene rings is 1. The van der Waals surface area contributed by atoms with Crippen LogP contribution in [0.15, 0.2) is 22.6 Å². The second-order valence-electron chi connectivity index (χ2n) is 5.92. The zero-order valence-corrected chi connectivity index (χ0v) is 14.1. The quantitative estimate of drug-likeness (QED) is 0.937. The van der Waals surface area contributed by atoms with Crippen molar-refractivity contribution in [3.05, 3.63) is 57.5 Å². The van der Waals surface area contributed by atoms with Crippen LogP contribution in [0.2, 0.25) is 0 Å². The number of amides is 1. The number of carbonyl (C=O) groups is 2. The van der Waals surface area contributed by atoms with Crippen molar-refractivity contribution in [3.8, 4) is 0 Å². The van der Waals surface area contributed by atoms with Crippen LogP contribution >= 0.6 is 0 Å². The van der Waals surface area contributed by atoms with Gasteiger partial charge in [-0.1, -0.05) is 17.7 Å². The average molecular weight is 315 g/mol. The van der Waals surface area contributed by atoms with E-state index in [4.69, 9.17) is 9.52 Å². The summed E-state index contributed by atoms with van der Waals surface area (Å²) < 4.78 is 5.44. The molecule has 1 amide bonds. The molecule has 0 fully saturated rings. The van der Waals surface area contributed by atoms with Crippen molar-refractivity contribution in [1.82, 2.24) is 4.90 Å². The predicted octanol–water partition coefficient (Wildman–Crippen LogP) is 3.48. The van der Waals surface area contributed by atoms with Crippen molar-refractivity contribution in [2.45, 2.75) is 34.2 Å². The van der Waals surface area contributed by atoms with E-state index in [0.29, 0.717) is 17.1 Å². The van der Waals surface area contributed by atoms with E-state index < -0.39 is 5.97 Å². The van der Waals surface area contributed by atoms with Gasteiger partial charge in [0.15, 0.2) is 0 Å². The van der Waals surface area contributed by atoms with Crippen LogP contribution in [0.5, 0.6) is 0 Å². The van der Waals surface area contributed by atoms with E-state index in [-0.39, 0.29) is 18.0 Å². The van der Waals surface area contributed by atoms with Gasteiger partial charge in [-0.25, -0.2) is 4.79 Å². The van der Waals surface area contributed by atoms with Crippen molar-refractivity contribution >= 4 is 11.9 Å². The summed E-state index contributed by atoms with van der Waals surface area (Å²) in [6.07, 6.45) is 0. The maximum Gasteiger partial charge on any atom is 0.339 e. The summed E-state index contributed by atoms with van der Waals surface area (Å²) in [5.74, 6) is -0.336. The molecule has 0 spiro atoms. The van der Waals surface area contributed by atoms with Gasteiger partial charge in [0.25, 0.3) is 5.91 Å². The number of carboxylic acid groups (broad SMARTS) is 1. The first-order valence-corrected chi connectivity index (χ1v) is 7.36. The van der Waals surface area contributed by atoms with Crippen LogP contribution in [0, 0.1) is 27.7 Å². The van der Waals surface area contributed by atoms with Crippen LogP contribution in [0.25, 0.3) is 0 Å². The van der Waals surface area contributed by atoms with Crippen LogP contribution < -0.4 is 0 Å². The van der Waals surface area contributed by atoms with Gasteiger partial charge in [-0.3, -0.25) is 4.79 Å². The first-order valence-electron chi connectivity index (χ1n) is 7.36. The maximum absolute atomic E-state index is 12.7. The summed E-state index contributed by atoms with van der Waals surface area (Å²) in [4.78, 5) is 25.3. The van der Waals surface area contributed by atoms with E-state index in [0.717, 1.165) is 16.7 Å². The second-order valence-corrected chi connectivity index (χ2v) is 5.92. The molecular formula is C18H21NO4. The molecule has 0 saturated heterocycles. The fourth-order valence-electron chi connectivity index (χ4n) is 2.85. The number of rotatable bonds is 4. The molecule has 2 rings (SSSR count). The largest absolute Gasteiger partial charge is 0.478 e. The molecule has 0 aliphatic heterocycles. The average Bonchev–Trinajstić information content (AvgIpc) is 2.78. The highest BCUT2D eigenvalue weighted by molar-refractivity contribution is 5.97. The van der Waals surface area contributed by atoms with Gasteiger partial charge in [-0.05, 0) is 44.9 Å². The molecule has 1 aromatic heterocycles. The van der Waals surface area contributed by atoms with Gasteiger partial charge in [0.2, 0.25) is 0 Å². The molecule has 0 bridgehead atoms. The van der Waals surface area contributed by atoms with Gasteiger partial charge in [-0.15, -0.1) is 0 Å². The van der Waals surface area contributed by atoms with E-state index in [1.54, 1.807) is 14.0 Å². The van der Waals surface area contributed by atoms with Crippen LogP contribution in [-0.2, 0) is 6.54 Å².